The van der Waals surface area contributed by atoms with Crippen molar-refractivity contribution in [2.24, 2.45) is 5.92 Å². The van der Waals surface area contributed by atoms with Crippen molar-refractivity contribution in [3.05, 3.63) is 0 Å². The smallest absolute Gasteiger partial charge is 0.342 e. The first kappa shape index (κ1) is 10.1. The number of carbonyl (C=O) groups excluding carboxylic acids is 2. The second-order valence-electron chi connectivity index (χ2n) is 2.60. The lowest BCUT2D eigenvalue weighted by molar-refractivity contribution is -0.166. The molecule has 0 aliphatic carbocycles. The van der Waals surface area contributed by atoms with Crippen LogP contribution >= 0.6 is 0 Å². The van der Waals surface area contributed by atoms with Crippen LogP contribution in [-0.2, 0) is 14.3 Å². The SMILES string of the molecule is CC(=O)OC(=O)[C@H](O)C(C)C. The van der Waals surface area contributed by atoms with Crippen molar-refractivity contribution in [2.45, 2.75) is 26.9 Å². The maximum absolute atomic E-state index is 10.7. The molecule has 0 aliphatic rings. The first-order valence-corrected chi connectivity index (χ1v) is 3.35. The van der Waals surface area contributed by atoms with E-state index in [2.05, 4.69) is 4.74 Å². The molecule has 0 heterocycles. The normalized spacial score (nSPS) is 12.8. The fourth-order valence-electron chi connectivity index (χ4n) is 0.474. The van der Waals surface area contributed by atoms with Gasteiger partial charge >= 0.3 is 11.9 Å². The van der Waals surface area contributed by atoms with Crippen molar-refractivity contribution in [3.8, 4) is 0 Å². The van der Waals surface area contributed by atoms with Gasteiger partial charge in [-0.2, -0.15) is 0 Å². The second-order valence-corrected chi connectivity index (χ2v) is 2.60. The van der Waals surface area contributed by atoms with Crippen molar-refractivity contribution in [3.63, 3.8) is 0 Å². The quantitative estimate of drug-likeness (QED) is 0.459. The van der Waals surface area contributed by atoms with Gasteiger partial charge in [0.25, 0.3) is 0 Å². The van der Waals surface area contributed by atoms with Crippen LogP contribution in [0.1, 0.15) is 20.8 Å². The highest BCUT2D eigenvalue weighted by Gasteiger charge is 2.21. The minimum absolute atomic E-state index is 0.234. The van der Waals surface area contributed by atoms with Crippen LogP contribution in [0.3, 0.4) is 0 Å². The Morgan fingerprint density at radius 3 is 2.09 bits per heavy atom. The van der Waals surface area contributed by atoms with Gasteiger partial charge in [-0.25, -0.2) is 4.79 Å². The molecule has 0 aromatic heterocycles. The fraction of sp³-hybridized carbons (Fsp3) is 0.714. The predicted octanol–water partition coefficient (Wildman–Crippen LogP) is 0.0930. The van der Waals surface area contributed by atoms with E-state index in [-0.39, 0.29) is 5.92 Å². The highest BCUT2D eigenvalue weighted by atomic mass is 16.6. The molecule has 0 aliphatic heterocycles. The number of hydrogen-bond donors (Lipinski definition) is 1. The van der Waals surface area contributed by atoms with Gasteiger partial charge in [0.1, 0.15) is 0 Å². The molecule has 0 fully saturated rings. The lowest BCUT2D eigenvalue weighted by Gasteiger charge is -2.10. The Morgan fingerprint density at radius 1 is 1.36 bits per heavy atom. The lowest BCUT2D eigenvalue weighted by atomic mass is 10.1. The molecule has 1 atom stereocenters. The van der Waals surface area contributed by atoms with Gasteiger partial charge in [-0.3, -0.25) is 4.79 Å². The third kappa shape index (κ3) is 3.72. The van der Waals surface area contributed by atoms with Crippen molar-refractivity contribution < 1.29 is 19.4 Å². The summed E-state index contributed by atoms with van der Waals surface area (Å²) < 4.78 is 4.15. The monoisotopic (exact) mass is 160 g/mol. The molecule has 0 aromatic carbocycles. The zero-order valence-electron chi connectivity index (χ0n) is 6.83. The molecule has 64 valence electrons. The van der Waals surface area contributed by atoms with Gasteiger partial charge in [0, 0.05) is 6.92 Å². The molecule has 0 saturated carbocycles. The van der Waals surface area contributed by atoms with Crippen molar-refractivity contribution in [1.29, 1.82) is 0 Å². The minimum Gasteiger partial charge on any atom is -0.391 e. The number of aliphatic hydroxyl groups excluding tert-OH is 1. The topological polar surface area (TPSA) is 63.6 Å². The zero-order valence-corrected chi connectivity index (χ0v) is 6.83. The Morgan fingerprint density at radius 2 is 1.82 bits per heavy atom. The Balaban J connectivity index is 3.93. The lowest BCUT2D eigenvalue weighted by Crippen LogP contribution is -2.29. The minimum atomic E-state index is -1.21. The predicted molar refractivity (Wildman–Crippen MR) is 37.6 cm³/mol. The van der Waals surface area contributed by atoms with E-state index in [1.54, 1.807) is 13.8 Å². The number of hydrogen-bond acceptors (Lipinski definition) is 4. The number of carbonyl (C=O) groups is 2. The third-order valence-electron chi connectivity index (χ3n) is 1.12. The standard InChI is InChI=1S/C7H12O4/c1-4(2)6(9)7(10)11-5(3)8/h4,6,9H,1-3H3/t6-/m1/s1. The summed E-state index contributed by atoms with van der Waals surface area (Å²) in [6.45, 7) is 4.43. The van der Waals surface area contributed by atoms with Crippen LogP contribution in [0, 0.1) is 5.92 Å². The molecule has 0 bridgehead atoms. The van der Waals surface area contributed by atoms with Crippen LogP contribution in [0.5, 0.6) is 0 Å². The molecule has 0 spiro atoms. The van der Waals surface area contributed by atoms with Crippen molar-refractivity contribution in [2.75, 3.05) is 0 Å². The Kier molecular flexibility index (Phi) is 3.74. The van der Waals surface area contributed by atoms with Gasteiger partial charge in [0.2, 0.25) is 0 Å². The van der Waals surface area contributed by atoms with Crippen LogP contribution < -0.4 is 0 Å². The van der Waals surface area contributed by atoms with Crippen molar-refractivity contribution in [1.82, 2.24) is 0 Å². The Bertz CT molecular complexity index is 162. The summed E-state index contributed by atoms with van der Waals surface area (Å²) in [4.78, 5) is 20.9. The summed E-state index contributed by atoms with van der Waals surface area (Å²) in [5.74, 6) is -1.82. The molecule has 4 heteroatoms. The molecule has 11 heavy (non-hydrogen) atoms. The summed E-state index contributed by atoms with van der Waals surface area (Å²) in [5, 5.41) is 9.02. The molecule has 0 saturated heterocycles. The van der Waals surface area contributed by atoms with Gasteiger partial charge in [-0.05, 0) is 5.92 Å². The van der Waals surface area contributed by atoms with Gasteiger partial charge < -0.3 is 9.84 Å². The first-order chi connectivity index (χ1) is 4.95. The Hall–Kier alpha value is -0.900. The zero-order chi connectivity index (χ0) is 9.02. The summed E-state index contributed by atoms with van der Waals surface area (Å²) in [6, 6.07) is 0. The molecule has 0 amide bonds. The van der Waals surface area contributed by atoms with E-state index in [4.69, 9.17) is 5.11 Å². The molecule has 0 unspecified atom stereocenters. The van der Waals surface area contributed by atoms with E-state index in [1.807, 2.05) is 0 Å². The largest absolute Gasteiger partial charge is 0.391 e. The van der Waals surface area contributed by atoms with E-state index >= 15 is 0 Å². The number of ether oxygens (including phenoxy) is 1. The maximum Gasteiger partial charge on any atom is 0.342 e. The average molecular weight is 160 g/mol. The number of aliphatic hydroxyl groups is 1. The average Bonchev–Trinajstić information content (AvgIpc) is 1.84. The molecule has 0 aromatic rings. The fourth-order valence-corrected chi connectivity index (χ4v) is 0.474. The van der Waals surface area contributed by atoms with Crippen LogP contribution in [0.15, 0.2) is 0 Å². The highest BCUT2D eigenvalue weighted by Crippen LogP contribution is 2.02. The van der Waals surface area contributed by atoms with Crippen LogP contribution in [0.25, 0.3) is 0 Å². The van der Waals surface area contributed by atoms with E-state index in [1.165, 1.54) is 0 Å². The van der Waals surface area contributed by atoms with Gasteiger partial charge in [-0.15, -0.1) is 0 Å². The first-order valence-electron chi connectivity index (χ1n) is 3.35. The van der Waals surface area contributed by atoms with Crippen LogP contribution in [0.4, 0.5) is 0 Å². The summed E-state index contributed by atoms with van der Waals surface area (Å²) >= 11 is 0. The summed E-state index contributed by atoms with van der Waals surface area (Å²) in [5.41, 5.74) is 0. The van der Waals surface area contributed by atoms with Crippen LogP contribution in [-0.4, -0.2) is 23.1 Å². The maximum atomic E-state index is 10.7. The van der Waals surface area contributed by atoms with E-state index < -0.39 is 18.0 Å². The summed E-state index contributed by atoms with van der Waals surface area (Å²) in [6.07, 6.45) is -1.21. The van der Waals surface area contributed by atoms with Gasteiger partial charge in [-0.1, -0.05) is 13.8 Å². The summed E-state index contributed by atoms with van der Waals surface area (Å²) in [7, 11) is 0. The Labute approximate surface area is 65.2 Å². The number of esters is 2. The second kappa shape index (κ2) is 4.08. The number of rotatable bonds is 2. The highest BCUT2D eigenvalue weighted by molar-refractivity contribution is 5.86. The molecule has 0 rings (SSSR count). The van der Waals surface area contributed by atoms with E-state index in [0.717, 1.165) is 6.92 Å². The molecule has 4 nitrogen and oxygen atoms in total. The van der Waals surface area contributed by atoms with Crippen LogP contribution in [0.2, 0.25) is 0 Å². The van der Waals surface area contributed by atoms with E-state index in [9.17, 15) is 9.59 Å². The molecule has 0 radical (unpaired) electrons. The molecule has 1 N–H and O–H groups in total. The van der Waals surface area contributed by atoms with E-state index in [0.29, 0.717) is 0 Å². The third-order valence-corrected chi connectivity index (χ3v) is 1.12. The van der Waals surface area contributed by atoms with Gasteiger partial charge in [0.05, 0.1) is 0 Å². The van der Waals surface area contributed by atoms with Gasteiger partial charge in [0.15, 0.2) is 6.10 Å². The molecular formula is C7H12O4. The van der Waals surface area contributed by atoms with Crippen molar-refractivity contribution >= 4 is 11.9 Å². The molecular weight excluding hydrogens is 148 g/mol.